The summed E-state index contributed by atoms with van der Waals surface area (Å²) in [7, 11) is 1.66. The van der Waals surface area contributed by atoms with E-state index in [2.05, 4.69) is 0 Å². The highest BCUT2D eigenvalue weighted by atomic mass is 16.1. The monoisotopic (exact) mass is 151 g/mol. The molecule has 3 heteroatoms. The van der Waals surface area contributed by atoms with E-state index in [0.717, 1.165) is 11.8 Å². The van der Waals surface area contributed by atoms with Gasteiger partial charge in [0.1, 0.15) is 6.29 Å². The Morgan fingerprint density at radius 2 is 2.27 bits per heavy atom. The molecule has 11 heavy (non-hydrogen) atoms. The van der Waals surface area contributed by atoms with Crippen molar-refractivity contribution in [2.24, 2.45) is 7.05 Å². The van der Waals surface area contributed by atoms with Crippen molar-refractivity contribution < 1.29 is 4.79 Å². The Bertz CT molecular complexity index is 314. The van der Waals surface area contributed by atoms with Gasteiger partial charge in [-0.2, -0.15) is 0 Å². The molecule has 3 nitrogen and oxygen atoms in total. The van der Waals surface area contributed by atoms with Gasteiger partial charge in [-0.05, 0) is 5.56 Å². The van der Waals surface area contributed by atoms with Gasteiger partial charge in [-0.25, -0.2) is 0 Å². The third-order valence-corrected chi connectivity index (χ3v) is 1.47. The van der Waals surface area contributed by atoms with E-state index in [9.17, 15) is 9.59 Å². The van der Waals surface area contributed by atoms with Crippen molar-refractivity contribution in [2.45, 2.75) is 6.42 Å². The Balaban J connectivity index is 3.04. The number of hydrogen-bond acceptors (Lipinski definition) is 2. The zero-order valence-electron chi connectivity index (χ0n) is 6.28. The predicted molar refractivity (Wildman–Crippen MR) is 41.5 cm³/mol. The lowest BCUT2D eigenvalue weighted by Gasteiger charge is -1.97. The van der Waals surface area contributed by atoms with Gasteiger partial charge >= 0.3 is 0 Å². The van der Waals surface area contributed by atoms with Crippen LogP contribution in [0.25, 0.3) is 0 Å². The van der Waals surface area contributed by atoms with Crippen LogP contribution in [0.5, 0.6) is 0 Å². The van der Waals surface area contributed by atoms with Gasteiger partial charge in [-0.1, -0.05) is 6.07 Å². The quantitative estimate of drug-likeness (QED) is 0.563. The first-order chi connectivity index (χ1) is 5.24. The minimum atomic E-state index is -0.0559. The van der Waals surface area contributed by atoms with Crippen molar-refractivity contribution in [2.75, 3.05) is 0 Å². The second-order valence-corrected chi connectivity index (χ2v) is 2.36. The minimum Gasteiger partial charge on any atom is -0.318 e. The summed E-state index contributed by atoms with van der Waals surface area (Å²) < 4.78 is 1.46. The third-order valence-electron chi connectivity index (χ3n) is 1.47. The van der Waals surface area contributed by atoms with E-state index in [4.69, 9.17) is 0 Å². The molecule has 0 unspecified atom stereocenters. The van der Waals surface area contributed by atoms with E-state index in [-0.39, 0.29) is 5.56 Å². The highest BCUT2D eigenvalue weighted by molar-refractivity contribution is 5.54. The van der Waals surface area contributed by atoms with Crippen molar-refractivity contribution in [3.8, 4) is 0 Å². The van der Waals surface area contributed by atoms with Gasteiger partial charge in [0.15, 0.2) is 0 Å². The smallest absolute Gasteiger partial charge is 0.250 e. The first-order valence-corrected chi connectivity index (χ1v) is 3.33. The molecule has 0 aliphatic rings. The zero-order valence-corrected chi connectivity index (χ0v) is 6.28. The van der Waals surface area contributed by atoms with Gasteiger partial charge in [-0.3, -0.25) is 4.79 Å². The maximum absolute atomic E-state index is 10.9. The van der Waals surface area contributed by atoms with Gasteiger partial charge in [0, 0.05) is 25.7 Å². The molecule has 1 aromatic rings. The second-order valence-electron chi connectivity index (χ2n) is 2.36. The number of nitrogens with zero attached hydrogens (tertiary/aromatic N) is 1. The summed E-state index contributed by atoms with van der Waals surface area (Å²) in [4.78, 5) is 20.9. The molecule has 0 N–H and O–H groups in total. The van der Waals surface area contributed by atoms with Crippen molar-refractivity contribution in [1.29, 1.82) is 0 Å². The van der Waals surface area contributed by atoms with Crippen LogP contribution in [0.15, 0.2) is 23.1 Å². The fraction of sp³-hybridized carbons (Fsp3) is 0.250. The maximum Gasteiger partial charge on any atom is 0.250 e. The van der Waals surface area contributed by atoms with Gasteiger partial charge < -0.3 is 9.36 Å². The van der Waals surface area contributed by atoms with E-state index < -0.39 is 0 Å². The molecule has 0 aliphatic carbocycles. The average Bonchev–Trinajstić information content (AvgIpc) is 1.98. The summed E-state index contributed by atoms with van der Waals surface area (Å²) in [6, 6.07) is 3.12. The molecule has 0 fully saturated rings. The van der Waals surface area contributed by atoms with Crippen LogP contribution in [0.2, 0.25) is 0 Å². The first-order valence-electron chi connectivity index (χ1n) is 3.33. The van der Waals surface area contributed by atoms with Crippen LogP contribution < -0.4 is 5.56 Å². The molecule has 0 radical (unpaired) electrons. The fourth-order valence-corrected chi connectivity index (χ4v) is 0.868. The Hall–Kier alpha value is -1.38. The zero-order chi connectivity index (χ0) is 8.27. The largest absolute Gasteiger partial charge is 0.318 e. The molecular formula is C8H9NO2. The molecule has 0 saturated heterocycles. The number of carbonyl (C=O) groups excluding carboxylic acids is 1. The number of pyridine rings is 1. The molecule has 0 bridgehead atoms. The molecule has 0 spiro atoms. The van der Waals surface area contributed by atoms with E-state index in [1.165, 1.54) is 10.6 Å². The molecular weight excluding hydrogens is 142 g/mol. The summed E-state index contributed by atoms with van der Waals surface area (Å²) in [5.41, 5.74) is 0.807. The van der Waals surface area contributed by atoms with Gasteiger partial charge in [0.2, 0.25) is 5.56 Å². The molecule has 0 aliphatic heterocycles. The third kappa shape index (κ3) is 1.77. The molecule has 1 aromatic heterocycles. The molecule has 0 atom stereocenters. The van der Waals surface area contributed by atoms with Crippen molar-refractivity contribution in [3.05, 3.63) is 34.2 Å². The van der Waals surface area contributed by atoms with Crippen LogP contribution in [-0.4, -0.2) is 10.9 Å². The number of carbonyl (C=O) groups is 1. The van der Waals surface area contributed by atoms with Crippen molar-refractivity contribution >= 4 is 6.29 Å². The topological polar surface area (TPSA) is 39.1 Å². The summed E-state index contributed by atoms with van der Waals surface area (Å²) in [5, 5.41) is 0. The number of aldehydes is 1. The number of aryl methyl sites for hydroxylation is 1. The van der Waals surface area contributed by atoms with Crippen LogP contribution >= 0.6 is 0 Å². The number of aromatic nitrogens is 1. The van der Waals surface area contributed by atoms with Gasteiger partial charge in [0.25, 0.3) is 0 Å². The average molecular weight is 151 g/mol. The lowest BCUT2D eigenvalue weighted by molar-refractivity contribution is -0.107. The van der Waals surface area contributed by atoms with Crippen LogP contribution in [0.4, 0.5) is 0 Å². The number of rotatable bonds is 2. The minimum absolute atomic E-state index is 0.0559. The van der Waals surface area contributed by atoms with Crippen LogP contribution in [0.1, 0.15) is 5.56 Å². The molecule has 0 amide bonds. The standard InChI is InChI=1S/C8H9NO2/c1-9-6-7(4-5-10)2-3-8(9)11/h2-3,5-6H,4H2,1H3. The van der Waals surface area contributed by atoms with Crippen molar-refractivity contribution in [3.63, 3.8) is 0 Å². The SMILES string of the molecule is Cn1cc(CC=O)ccc1=O. The number of hydrogen-bond donors (Lipinski definition) is 0. The highest BCUT2D eigenvalue weighted by Crippen LogP contribution is 1.92. The van der Waals surface area contributed by atoms with Crippen molar-refractivity contribution in [1.82, 2.24) is 4.57 Å². The Morgan fingerprint density at radius 3 is 2.82 bits per heavy atom. The molecule has 1 heterocycles. The normalized spacial score (nSPS) is 9.55. The molecule has 0 saturated carbocycles. The Morgan fingerprint density at radius 1 is 1.55 bits per heavy atom. The first kappa shape index (κ1) is 7.72. The highest BCUT2D eigenvalue weighted by Gasteiger charge is 1.92. The van der Waals surface area contributed by atoms with Crippen LogP contribution in [0.3, 0.4) is 0 Å². The maximum atomic E-state index is 10.9. The molecule has 58 valence electrons. The van der Waals surface area contributed by atoms with E-state index in [1.54, 1.807) is 19.3 Å². The Kier molecular flexibility index (Phi) is 2.21. The van der Waals surface area contributed by atoms with E-state index in [0.29, 0.717) is 6.42 Å². The predicted octanol–water partition coefficient (Wildman–Crippen LogP) is 0.127. The summed E-state index contributed by atoms with van der Waals surface area (Å²) >= 11 is 0. The molecule has 1 rings (SSSR count). The lowest BCUT2D eigenvalue weighted by atomic mass is 10.2. The van der Waals surface area contributed by atoms with Gasteiger partial charge in [-0.15, -0.1) is 0 Å². The lowest BCUT2D eigenvalue weighted by Crippen LogP contribution is -2.14. The Labute approximate surface area is 64.3 Å². The summed E-state index contributed by atoms with van der Waals surface area (Å²) in [6.07, 6.45) is 2.85. The second kappa shape index (κ2) is 3.14. The summed E-state index contributed by atoms with van der Waals surface area (Å²) in [6.45, 7) is 0. The van der Waals surface area contributed by atoms with Gasteiger partial charge in [0.05, 0.1) is 0 Å². The van der Waals surface area contributed by atoms with Crippen LogP contribution in [0, 0.1) is 0 Å². The summed E-state index contributed by atoms with van der Waals surface area (Å²) in [5.74, 6) is 0. The molecule has 0 aromatic carbocycles. The van der Waals surface area contributed by atoms with E-state index >= 15 is 0 Å². The van der Waals surface area contributed by atoms with Crippen LogP contribution in [-0.2, 0) is 18.3 Å². The van der Waals surface area contributed by atoms with E-state index in [1.807, 2.05) is 0 Å². The fourth-order valence-electron chi connectivity index (χ4n) is 0.868.